The zero-order valence-corrected chi connectivity index (χ0v) is 7.04. The average Bonchev–Trinajstić information content (AvgIpc) is 2.04. The molecule has 1 heteroatoms. The Labute approximate surface area is 68.0 Å². The van der Waals surface area contributed by atoms with Gasteiger partial charge in [-0.05, 0) is 20.2 Å². The number of allylic oxidation sites excluding steroid dienone is 2. The highest BCUT2D eigenvalue weighted by atomic mass is 15.1. The summed E-state index contributed by atoms with van der Waals surface area (Å²) in [7, 11) is 4.09. The molecule has 1 atom stereocenters. The van der Waals surface area contributed by atoms with Gasteiger partial charge in [-0.25, -0.2) is 0 Å². The highest BCUT2D eigenvalue weighted by molar-refractivity contribution is 5.35. The first-order chi connectivity index (χ1) is 5.25. The van der Waals surface area contributed by atoms with Crippen LogP contribution in [0.3, 0.4) is 0 Å². The Balaban J connectivity index is 2.88. The van der Waals surface area contributed by atoms with Gasteiger partial charge in [0.05, 0.1) is 6.04 Å². The van der Waals surface area contributed by atoms with Gasteiger partial charge < -0.3 is 0 Å². The normalized spacial score (nSPS) is 22.5. The standard InChI is InChI=1S/C10H13N/c1-4-9-7-5-6-8-10(9)11(2)3/h5-8,10H,1H2,2-3H3. The number of rotatable bonds is 1. The maximum absolute atomic E-state index is 3.64. The summed E-state index contributed by atoms with van der Waals surface area (Å²) in [5, 5.41) is 0. The van der Waals surface area contributed by atoms with E-state index in [1.807, 2.05) is 32.3 Å². The molecule has 0 amide bonds. The Kier molecular flexibility index (Phi) is 2.48. The molecule has 0 aromatic carbocycles. The van der Waals surface area contributed by atoms with Crippen LogP contribution >= 0.6 is 0 Å². The van der Waals surface area contributed by atoms with Crippen LogP contribution < -0.4 is 0 Å². The van der Waals surface area contributed by atoms with Crippen LogP contribution in [-0.4, -0.2) is 25.0 Å². The SMILES string of the molecule is C=C=C1C=CC=CC1N(C)C. The van der Waals surface area contributed by atoms with E-state index in [2.05, 4.69) is 23.3 Å². The molecular formula is C10H13N. The molecule has 1 aliphatic rings. The van der Waals surface area contributed by atoms with Gasteiger partial charge in [0.2, 0.25) is 0 Å². The Morgan fingerprint density at radius 3 is 2.64 bits per heavy atom. The van der Waals surface area contributed by atoms with Crippen molar-refractivity contribution in [1.29, 1.82) is 0 Å². The van der Waals surface area contributed by atoms with Crippen LogP contribution in [0.2, 0.25) is 0 Å². The van der Waals surface area contributed by atoms with E-state index in [9.17, 15) is 0 Å². The molecule has 0 N–H and O–H groups in total. The van der Waals surface area contributed by atoms with Crippen LogP contribution in [0.5, 0.6) is 0 Å². The van der Waals surface area contributed by atoms with Gasteiger partial charge in [0, 0.05) is 5.57 Å². The molecule has 0 saturated carbocycles. The Morgan fingerprint density at radius 1 is 1.45 bits per heavy atom. The zero-order valence-electron chi connectivity index (χ0n) is 7.04. The summed E-state index contributed by atoms with van der Waals surface area (Å²) >= 11 is 0. The van der Waals surface area contributed by atoms with E-state index in [1.54, 1.807) is 0 Å². The lowest BCUT2D eigenvalue weighted by Crippen LogP contribution is -2.27. The first-order valence-corrected chi connectivity index (χ1v) is 3.67. The second kappa shape index (κ2) is 3.38. The molecule has 0 radical (unpaired) electrons. The average molecular weight is 147 g/mol. The Bertz CT molecular complexity index is 240. The van der Waals surface area contributed by atoms with Crippen molar-refractivity contribution in [3.8, 4) is 0 Å². The van der Waals surface area contributed by atoms with Gasteiger partial charge in [-0.15, -0.1) is 5.73 Å². The van der Waals surface area contributed by atoms with Crippen molar-refractivity contribution < 1.29 is 0 Å². The fraction of sp³-hybridized carbons (Fsp3) is 0.300. The molecule has 0 saturated heterocycles. The van der Waals surface area contributed by atoms with Gasteiger partial charge in [0.1, 0.15) is 0 Å². The van der Waals surface area contributed by atoms with E-state index in [0.29, 0.717) is 6.04 Å². The second-order valence-corrected chi connectivity index (χ2v) is 2.78. The Morgan fingerprint density at radius 2 is 2.18 bits per heavy atom. The number of hydrogen-bond donors (Lipinski definition) is 0. The van der Waals surface area contributed by atoms with Crippen LogP contribution in [0.1, 0.15) is 0 Å². The van der Waals surface area contributed by atoms with Crippen LogP contribution in [0.15, 0.2) is 42.2 Å². The lowest BCUT2D eigenvalue weighted by atomic mass is 10.0. The fourth-order valence-electron chi connectivity index (χ4n) is 1.14. The third kappa shape index (κ3) is 1.70. The van der Waals surface area contributed by atoms with Crippen molar-refractivity contribution in [3.05, 3.63) is 42.2 Å². The van der Waals surface area contributed by atoms with E-state index in [1.165, 1.54) is 0 Å². The van der Waals surface area contributed by atoms with Crippen LogP contribution in [0.25, 0.3) is 0 Å². The topological polar surface area (TPSA) is 3.24 Å². The molecule has 11 heavy (non-hydrogen) atoms. The van der Waals surface area contributed by atoms with E-state index in [0.717, 1.165) is 5.57 Å². The lowest BCUT2D eigenvalue weighted by Gasteiger charge is -2.22. The predicted molar refractivity (Wildman–Crippen MR) is 48.4 cm³/mol. The minimum Gasteiger partial charge on any atom is -0.299 e. The summed E-state index contributed by atoms with van der Waals surface area (Å²) in [5.41, 5.74) is 4.06. The molecule has 0 bridgehead atoms. The molecule has 0 aliphatic heterocycles. The van der Waals surface area contributed by atoms with E-state index < -0.39 is 0 Å². The largest absolute Gasteiger partial charge is 0.299 e. The molecule has 58 valence electrons. The van der Waals surface area contributed by atoms with Gasteiger partial charge in [0.25, 0.3) is 0 Å². The third-order valence-electron chi connectivity index (χ3n) is 1.76. The zero-order chi connectivity index (χ0) is 8.27. The van der Waals surface area contributed by atoms with E-state index in [-0.39, 0.29) is 0 Å². The molecule has 1 rings (SSSR count). The molecule has 0 fully saturated rings. The van der Waals surface area contributed by atoms with E-state index >= 15 is 0 Å². The first kappa shape index (κ1) is 8.06. The minimum absolute atomic E-state index is 0.345. The van der Waals surface area contributed by atoms with Crippen molar-refractivity contribution in [3.63, 3.8) is 0 Å². The predicted octanol–water partition coefficient (Wildman–Crippen LogP) is 1.75. The summed E-state index contributed by atoms with van der Waals surface area (Å²) in [6.07, 6.45) is 8.23. The third-order valence-corrected chi connectivity index (χ3v) is 1.76. The summed E-state index contributed by atoms with van der Waals surface area (Å²) in [6.45, 7) is 3.64. The summed E-state index contributed by atoms with van der Waals surface area (Å²) < 4.78 is 0. The molecule has 1 unspecified atom stereocenters. The van der Waals surface area contributed by atoms with Crippen molar-refractivity contribution in [1.82, 2.24) is 4.90 Å². The minimum atomic E-state index is 0.345. The quantitative estimate of drug-likeness (QED) is 0.511. The van der Waals surface area contributed by atoms with Crippen molar-refractivity contribution >= 4 is 0 Å². The summed E-state index contributed by atoms with van der Waals surface area (Å²) in [6, 6.07) is 0.345. The smallest absolute Gasteiger partial charge is 0.0602 e. The molecule has 0 heterocycles. The van der Waals surface area contributed by atoms with Gasteiger partial charge in [-0.3, -0.25) is 4.90 Å². The number of hydrogen-bond acceptors (Lipinski definition) is 1. The van der Waals surface area contributed by atoms with Gasteiger partial charge in [-0.1, -0.05) is 24.8 Å². The van der Waals surface area contributed by atoms with Crippen LogP contribution in [-0.2, 0) is 0 Å². The monoisotopic (exact) mass is 147 g/mol. The summed E-state index contributed by atoms with van der Waals surface area (Å²) in [4.78, 5) is 2.13. The fourth-order valence-corrected chi connectivity index (χ4v) is 1.14. The maximum atomic E-state index is 3.64. The van der Waals surface area contributed by atoms with Gasteiger partial charge in [0.15, 0.2) is 0 Å². The first-order valence-electron chi connectivity index (χ1n) is 3.67. The van der Waals surface area contributed by atoms with Crippen molar-refractivity contribution in [2.24, 2.45) is 0 Å². The molecule has 1 aliphatic carbocycles. The molecule has 1 nitrogen and oxygen atoms in total. The van der Waals surface area contributed by atoms with Crippen molar-refractivity contribution in [2.45, 2.75) is 6.04 Å². The van der Waals surface area contributed by atoms with Gasteiger partial charge >= 0.3 is 0 Å². The van der Waals surface area contributed by atoms with Crippen LogP contribution in [0.4, 0.5) is 0 Å². The number of likely N-dealkylation sites (N-methyl/N-ethyl adjacent to an activating group) is 1. The maximum Gasteiger partial charge on any atom is 0.0602 e. The number of nitrogens with zero attached hydrogens (tertiary/aromatic N) is 1. The summed E-state index contributed by atoms with van der Waals surface area (Å²) in [5.74, 6) is 0. The lowest BCUT2D eigenvalue weighted by molar-refractivity contribution is 0.382. The molecule has 0 aromatic heterocycles. The highest BCUT2D eigenvalue weighted by Gasteiger charge is 2.11. The van der Waals surface area contributed by atoms with Crippen molar-refractivity contribution in [2.75, 3.05) is 14.1 Å². The van der Waals surface area contributed by atoms with Crippen LogP contribution in [0, 0.1) is 0 Å². The van der Waals surface area contributed by atoms with Gasteiger partial charge in [-0.2, -0.15) is 0 Å². The molecular weight excluding hydrogens is 134 g/mol. The second-order valence-electron chi connectivity index (χ2n) is 2.78. The molecule has 0 spiro atoms. The van der Waals surface area contributed by atoms with E-state index in [4.69, 9.17) is 0 Å². The Hall–Kier alpha value is -1.04. The molecule has 0 aromatic rings. The highest BCUT2D eigenvalue weighted by Crippen LogP contribution is 2.13.